The Balaban J connectivity index is 2.46. The lowest BCUT2D eigenvalue weighted by atomic mass is 10.1. The van der Waals surface area contributed by atoms with E-state index < -0.39 is 0 Å². The van der Waals surface area contributed by atoms with E-state index in [2.05, 4.69) is 11.8 Å². The number of nitrogens with zero attached hydrogens (tertiary/aromatic N) is 1. The Hall–Kier alpha value is -2.06. The number of fused-ring (bicyclic) bond motifs is 1. The minimum absolute atomic E-state index is 0.181. The zero-order valence-corrected chi connectivity index (χ0v) is 7.50. The maximum absolute atomic E-state index is 11.4. The van der Waals surface area contributed by atoms with E-state index in [0.717, 1.165) is 23.1 Å². The van der Waals surface area contributed by atoms with Crippen molar-refractivity contribution in [3.8, 4) is 17.9 Å². The van der Waals surface area contributed by atoms with Gasteiger partial charge in [0.25, 0.3) is 0 Å². The second kappa shape index (κ2) is 3.36. The molecular weight excluding hydrogens is 174 g/mol. The molecule has 0 atom stereocenters. The standard InChI is InChI=1S/C12H7NO/c13-7-1-2-9-3-4-10-5-6-12(14)11(10)8-9/h3-4,8H,5-6H2. The van der Waals surface area contributed by atoms with Crippen LogP contribution < -0.4 is 0 Å². The number of Topliss-reactive ketones (excluding diaryl/α,β-unsaturated/α-hetero) is 1. The molecule has 0 heterocycles. The van der Waals surface area contributed by atoms with Gasteiger partial charge in [-0.3, -0.25) is 4.79 Å². The maximum atomic E-state index is 11.4. The molecule has 0 N–H and O–H groups in total. The first-order valence-corrected chi connectivity index (χ1v) is 4.37. The molecule has 0 bridgehead atoms. The molecule has 0 aliphatic heterocycles. The number of rotatable bonds is 0. The molecule has 0 aromatic heterocycles. The predicted octanol–water partition coefficient (Wildman–Crippen LogP) is 1.69. The van der Waals surface area contributed by atoms with E-state index in [9.17, 15) is 4.79 Å². The Bertz CT molecular complexity index is 497. The minimum atomic E-state index is 0.181. The van der Waals surface area contributed by atoms with Crippen molar-refractivity contribution in [2.45, 2.75) is 12.8 Å². The van der Waals surface area contributed by atoms with Crippen molar-refractivity contribution >= 4 is 5.78 Å². The SMILES string of the molecule is N#CC#Cc1ccc2c(c1)C(=O)CC2. The highest BCUT2D eigenvalue weighted by molar-refractivity contribution is 6.00. The average Bonchev–Trinajstić information content (AvgIpc) is 2.57. The fourth-order valence-electron chi connectivity index (χ4n) is 1.61. The monoisotopic (exact) mass is 181 g/mol. The molecule has 0 amide bonds. The van der Waals surface area contributed by atoms with Crippen LogP contribution >= 0.6 is 0 Å². The highest BCUT2D eigenvalue weighted by atomic mass is 16.1. The smallest absolute Gasteiger partial charge is 0.163 e. The second-order valence-electron chi connectivity index (χ2n) is 3.16. The van der Waals surface area contributed by atoms with Crippen LogP contribution in [0.25, 0.3) is 0 Å². The average molecular weight is 181 g/mol. The number of hydrogen-bond donors (Lipinski definition) is 0. The van der Waals surface area contributed by atoms with E-state index in [-0.39, 0.29) is 5.78 Å². The summed E-state index contributed by atoms with van der Waals surface area (Å²) in [5.41, 5.74) is 2.60. The van der Waals surface area contributed by atoms with E-state index in [4.69, 9.17) is 5.26 Å². The number of ketones is 1. The summed E-state index contributed by atoms with van der Waals surface area (Å²) in [5, 5.41) is 8.28. The van der Waals surface area contributed by atoms with Gasteiger partial charge in [0.05, 0.1) is 0 Å². The van der Waals surface area contributed by atoms with Gasteiger partial charge >= 0.3 is 0 Å². The summed E-state index contributed by atoms with van der Waals surface area (Å²) in [6.07, 6.45) is 1.44. The molecule has 66 valence electrons. The van der Waals surface area contributed by atoms with Crippen LogP contribution in [-0.4, -0.2) is 5.78 Å². The van der Waals surface area contributed by atoms with Gasteiger partial charge in [-0.25, -0.2) is 0 Å². The van der Waals surface area contributed by atoms with Crippen LogP contribution in [0.15, 0.2) is 18.2 Å². The number of carbonyl (C=O) groups excluding carboxylic acids is 1. The van der Waals surface area contributed by atoms with Crippen molar-refractivity contribution in [2.75, 3.05) is 0 Å². The van der Waals surface area contributed by atoms with Crippen LogP contribution in [-0.2, 0) is 6.42 Å². The largest absolute Gasteiger partial charge is 0.294 e. The molecule has 0 radical (unpaired) electrons. The molecule has 0 saturated heterocycles. The van der Waals surface area contributed by atoms with Gasteiger partial charge in [-0.2, -0.15) is 5.26 Å². The van der Waals surface area contributed by atoms with Crippen molar-refractivity contribution in [3.63, 3.8) is 0 Å². The van der Waals surface area contributed by atoms with Crippen molar-refractivity contribution in [3.05, 3.63) is 34.9 Å². The third-order valence-corrected chi connectivity index (χ3v) is 2.29. The predicted molar refractivity (Wildman–Crippen MR) is 51.6 cm³/mol. The highest BCUT2D eigenvalue weighted by Gasteiger charge is 2.18. The molecule has 0 saturated carbocycles. The van der Waals surface area contributed by atoms with E-state index >= 15 is 0 Å². The molecule has 1 aliphatic carbocycles. The summed E-state index contributed by atoms with van der Waals surface area (Å²) >= 11 is 0. The highest BCUT2D eigenvalue weighted by Crippen LogP contribution is 2.22. The van der Waals surface area contributed by atoms with Crippen LogP contribution in [0.3, 0.4) is 0 Å². The molecule has 1 aromatic carbocycles. The van der Waals surface area contributed by atoms with Crippen molar-refractivity contribution in [1.29, 1.82) is 5.26 Å². The topological polar surface area (TPSA) is 40.9 Å². The summed E-state index contributed by atoms with van der Waals surface area (Å²) in [6, 6.07) is 7.29. The molecule has 2 rings (SSSR count). The molecule has 0 unspecified atom stereocenters. The molecule has 1 aromatic rings. The van der Waals surface area contributed by atoms with E-state index in [1.807, 2.05) is 12.1 Å². The van der Waals surface area contributed by atoms with Crippen LogP contribution in [0, 0.1) is 23.2 Å². The van der Waals surface area contributed by atoms with Crippen LogP contribution in [0.2, 0.25) is 0 Å². The van der Waals surface area contributed by atoms with Gasteiger partial charge in [-0.15, -0.1) is 0 Å². The fourth-order valence-corrected chi connectivity index (χ4v) is 1.61. The molecule has 2 heteroatoms. The Labute approximate surface area is 82.2 Å². The summed E-state index contributed by atoms with van der Waals surface area (Å²) < 4.78 is 0. The van der Waals surface area contributed by atoms with Crippen LogP contribution in [0.5, 0.6) is 0 Å². The number of benzene rings is 1. The van der Waals surface area contributed by atoms with Gasteiger partial charge in [0.2, 0.25) is 0 Å². The van der Waals surface area contributed by atoms with Gasteiger partial charge in [0.15, 0.2) is 11.9 Å². The lowest BCUT2D eigenvalue weighted by molar-refractivity contribution is 0.0994. The lowest BCUT2D eigenvalue weighted by Crippen LogP contribution is -1.91. The summed E-state index contributed by atoms with van der Waals surface area (Å²) in [6.45, 7) is 0. The van der Waals surface area contributed by atoms with Crippen LogP contribution in [0.1, 0.15) is 27.9 Å². The lowest BCUT2D eigenvalue weighted by Gasteiger charge is -1.96. The second-order valence-corrected chi connectivity index (χ2v) is 3.16. The first-order valence-electron chi connectivity index (χ1n) is 4.37. The van der Waals surface area contributed by atoms with E-state index in [1.54, 1.807) is 12.1 Å². The first-order chi connectivity index (χ1) is 6.81. The molecule has 0 spiro atoms. The van der Waals surface area contributed by atoms with E-state index in [0.29, 0.717) is 6.42 Å². The van der Waals surface area contributed by atoms with Crippen LogP contribution in [0.4, 0.5) is 0 Å². The molecular formula is C12H7NO. The Morgan fingerprint density at radius 2 is 2.14 bits per heavy atom. The zero-order valence-electron chi connectivity index (χ0n) is 7.50. The van der Waals surface area contributed by atoms with Gasteiger partial charge in [-0.05, 0) is 24.1 Å². The molecule has 2 nitrogen and oxygen atoms in total. The number of aryl methyl sites for hydroxylation is 1. The normalized spacial score (nSPS) is 12.6. The Kier molecular flexibility index (Phi) is 2.05. The number of nitriles is 1. The molecule has 1 aliphatic rings. The zero-order chi connectivity index (χ0) is 9.97. The van der Waals surface area contributed by atoms with Gasteiger partial charge in [0.1, 0.15) is 0 Å². The fraction of sp³-hybridized carbons (Fsp3) is 0.167. The summed E-state index contributed by atoms with van der Waals surface area (Å²) in [4.78, 5) is 11.4. The van der Waals surface area contributed by atoms with Crippen molar-refractivity contribution in [2.24, 2.45) is 0 Å². The summed E-state index contributed by atoms with van der Waals surface area (Å²) in [5.74, 6) is 5.18. The Morgan fingerprint density at radius 3 is 2.93 bits per heavy atom. The van der Waals surface area contributed by atoms with Crippen molar-refractivity contribution < 1.29 is 4.79 Å². The third-order valence-electron chi connectivity index (χ3n) is 2.29. The maximum Gasteiger partial charge on any atom is 0.163 e. The summed E-state index contributed by atoms with van der Waals surface area (Å²) in [7, 11) is 0. The number of carbonyl (C=O) groups is 1. The first kappa shape index (κ1) is 8.53. The van der Waals surface area contributed by atoms with Gasteiger partial charge in [0, 0.05) is 23.5 Å². The Morgan fingerprint density at radius 1 is 1.29 bits per heavy atom. The van der Waals surface area contributed by atoms with Gasteiger partial charge in [-0.1, -0.05) is 12.0 Å². The number of hydrogen-bond acceptors (Lipinski definition) is 2. The molecule has 14 heavy (non-hydrogen) atoms. The minimum Gasteiger partial charge on any atom is -0.294 e. The third kappa shape index (κ3) is 1.39. The van der Waals surface area contributed by atoms with E-state index in [1.165, 1.54) is 0 Å². The molecule has 0 fully saturated rings. The quantitative estimate of drug-likeness (QED) is 0.571. The van der Waals surface area contributed by atoms with Gasteiger partial charge < -0.3 is 0 Å². The van der Waals surface area contributed by atoms with Crippen molar-refractivity contribution in [1.82, 2.24) is 0 Å².